The predicted molar refractivity (Wildman–Crippen MR) is 66.8 cm³/mol. The average molecular weight is 255 g/mol. The third kappa shape index (κ3) is 4.05. The molecular formula is C11H17N3O2S. The Bertz CT molecular complexity index is 375. The van der Waals surface area contributed by atoms with E-state index in [0.29, 0.717) is 19.0 Å². The highest BCUT2D eigenvalue weighted by atomic mass is 32.2. The maximum Gasteiger partial charge on any atom is 0.221 e. The molecule has 0 aromatic carbocycles. The maximum absolute atomic E-state index is 11.7. The van der Waals surface area contributed by atoms with Gasteiger partial charge < -0.3 is 15.2 Å². The van der Waals surface area contributed by atoms with Crippen molar-refractivity contribution in [3.63, 3.8) is 0 Å². The summed E-state index contributed by atoms with van der Waals surface area (Å²) in [5.74, 6) is 2.97. The summed E-state index contributed by atoms with van der Waals surface area (Å²) in [7, 11) is 0. The van der Waals surface area contributed by atoms with Gasteiger partial charge in [0.25, 0.3) is 0 Å². The van der Waals surface area contributed by atoms with E-state index in [1.54, 1.807) is 0 Å². The second-order valence-electron chi connectivity index (χ2n) is 4.14. The molecule has 1 atom stereocenters. The van der Waals surface area contributed by atoms with Gasteiger partial charge in [0.2, 0.25) is 5.91 Å². The van der Waals surface area contributed by atoms with E-state index >= 15 is 0 Å². The van der Waals surface area contributed by atoms with Crippen LogP contribution in [0, 0.1) is 6.92 Å². The number of nitrogens with zero attached hydrogens (tertiary/aromatic N) is 1. The fraction of sp³-hybridized carbons (Fsp3) is 0.636. The molecule has 1 aromatic rings. The van der Waals surface area contributed by atoms with Gasteiger partial charge in [-0.1, -0.05) is 5.16 Å². The number of carbonyl (C=O) groups excluding carboxylic acids is 1. The molecule has 1 fully saturated rings. The second kappa shape index (κ2) is 6.07. The zero-order valence-corrected chi connectivity index (χ0v) is 10.7. The van der Waals surface area contributed by atoms with Gasteiger partial charge in [-0.25, -0.2) is 0 Å². The van der Waals surface area contributed by atoms with Crippen LogP contribution in [0.25, 0.3) is 0 Å². The molecule has 2 N–H and O–H groups in total. The first-order chi connectivity index (χ1) is 8.24. The van der Waals surface area contributed by atoms with Crippen molar-refractivity contribution in [1.29, 1.82) is 0 Å². The van der Waals surface area contributed by atoms with Gasteiger partial charge >= 0.3 is 0 Å². The summed E-state index contributed by atoms with van der Waals surface area (Å²) in [5, 5.41) is 10.0. The SMILES string of the molecule is Cc1cc(CNC(=O)CC2CSCCN2)no1. The summed E-state index contributed by atoms with van der Waals surface area (Å²) in [6.07, 6.45) is 0.532. The maximum atomic E-state index is 11.7. The van der Waals surface area contributed by atoms with E-state index in [-0.39, 0.29) is 5.91 Å². The number of hydrogen-bond acceptors (Lipinski definition) is 5. The van der Waals surface area contributed by atoms with Crippen molar-refractivity contribution in [2.45, 2.75) is 25.9 Å². The quantitative estimate of drug-likeness (QED) is 0.829. The molecule has 0 bridgehead atoms. The van der Waals surface area contributed by atoms with E-state index in [1.165, 1.54) is 0 Å². The van der Waals surface area contributed by atoms with Crippen molar-refractivity contribution in [2.75, 3.05) is 18.1 Å². The van der Waals surface area contributed by atoms with Crippen molar-refractivity contribution in [2.24, 2.45) is 0 Å². The molecule has 1 amide bonds. The second-order valence-corrected chi connectivity index (χ2v) is 5.29. The Morgan fingerprint density at radius 2 is 2.65 bits per heavy atom. The molecule has 0 saturated carbocycles. The number of aromatic nitrogens is 1. The molecular weight excluding hydrogens is 238 g/mol. The first-order valence-electron chi connectivity index (χ1n) is 5.74. The largest absolute Gasteiger partial charge is 0.361 e. The monoisotopic (exact) mass is 255 g/mol. The Morgan fingerprint density at radius 1 is 1.76 bits per heavy atom. The lowest BCUT2D eigenvalue weighted by Gasteiger charge is -2.22. The number of hydrogen-bond donors (Lipinski definition) is 2. The summed E-state index contributed by atoms with van der Waals surface area (Å²) in [4.78, 5) is 11.7. The third-order valence-electron chi connectivity index (χ3n) is 2.57. The van der Waals surface area contributed by atoms with Crippen LogP contribution in [-0.4, -0.2) is 35.2 Å². The highest BCUT2D eigenvalue weighted by Crippen LogP contribution is 2.10. The first-order valence-corrected chi connectivity index (χ1v) is 6.89. The lowest BCUT2D eigenvalue weighted by atomic mass is 10.2. The minimum atomic E-state index is 0.0608. The fourth-order valence-corrected chi connectivity index (χ4v) is 2.69. The molecule has 2 rings (SSSR count). The predicted octanol–water partition coefficient (Wildman–Crippen LogP) is 0.694. The molecule has 1 saturated heterocycles. The van der Waals surface area contributed by atoms with E-state index in [1.807, 2.05) is 24.8 Å². The molecule has 17 heavy (non-hydrogen) atoms. The standard InChI is InChI=1S/C11H17N3O2S/c1-8-4-9(14-16-8)6-13-11(15)5-10-7-17-3-2-12-10/h4,10,12H,2-3,5-7H2,1H3,(H,13,15). The Labute approximate surface area is 105 Å². The Hall–Kier alpha value is -1.01. The summed E-state index contributed by atoms with van der Waals surface area (Å²) < 4.78 is 4.93. The van der Waals surface area contributed by atoms with Crippen molar-refractivity contribution >= 4 is 17.7 Å². The molecule has 1 aliphatic rings. The molecule has 1 unspecified atom stereocenters. The summed E-state index contributed by atoms with van der Waals surface area (Å²) in [6.45, 7) is 3.27. The molecule has 5 nitrogen and oxygen atoms in total. The van der Waals surface area contributed by atoms with Crippen LogP contribution in [0.1, 0.15) is 17.9 Å². The Morgan fingerprint density at radius 3 is 3.29 bits per heavy atom. The first kappa shape index (κ1) is 12.4. The summed E-state index contributed by atoms with van der Waals surface area (Å²) in [6, 6.07) is 2.13. The topological polar surface area (TPSA) is 67.2 Å². The van der Waals surface area contributed by atoms with Crippen molar-refractivity contribution < 1.29 is 9.32 Å². The number of thioether (sulfide) groups is 1. The summed E-state index contributed by atoms with van der Waals surface area (Å²) >= 11 is 1.89. The number of nitrogens with one attached hydrogen (secondary N) is 2. The fourth-order valence-electron chi connectivity index (χ4n) is 1.74. The van der Waals surface area contributed by atoms with Gasteiger partial charge in [0.1, 0.15) is 11.5 Å². The normalized spacial score (nSPS) is 20.2. The van der Waals surface area contributed by atoms with Gasteiger partial charge in [0, 0.05) is 36.6 Å². The number of rotatable bonds is 4. The van der Waals surface area contributed by atoms with Crippen LogP contribution in [0.2, 0.25) is 0 Å². The van der Waals surface area contributed by atoms with E-state index in [4.69, 9.17) is 4.52 Å². The highest BCUT2D eigenvalue weighted by molar-refractivity contribution is 7.99. The average Bonchev–Trinajstić information content (AvgIpc) is 2.74. The van der Waals surface area contributed by atoms with E-state index in [0.717, 1.165) is 29.5 Å². The van der Waals surface area contributed by atoms with E-state index < -0.39 is 0 Å². The zero-order valence-electron chi connectivity index (χ0n) is 9.86. The molecule has 94 valence electrons. The molecule has 2 heterocycles. The van der Waals surface area contributed by atoms with Crippen molar-refractivity contribution in [1.82, 2.24) is 15.8 Å². The van der Waals surface area contributed by atoms with Crippen LogP contribution in [-0.2, 0) is 11.3 Å². The van der Waals surface area contributed by atoms with Gasteiger partial charge in [-0.2, -0.15) is 11.8 Å². The van der Waals surface area contributed by atoms with Crippen LogP contribution < -0.4 is 10.6 Å². The number of aryl methyl sites for hydroxylation is 1. The molecule has 0 spiro atoms. The molecule has 6 heteroatoms. The van der Waals surface area contributed by atoms with Gasteiger partial charge in [-0.05, 0) is 6.92 Å². The smallest absolute Gasteiger partial charge is 0.221 e. The zero-order chi connectivity index (χ0) is 12.1. The van der Waals surface area contributed by atoms with Gasteiger partial charge in [-0.3, -0.25) is 4.79 Å². The van der Waals surface area contributed by atoms with E-state index in [9.17, 15) is 4.79 Å². The van der Waals surface area contributed by atoms with E-state index in [2.05, 4.69) is 15.8 Å². The highest BCUT2D eigenvalue weighted by Gasteiger charge is 2.16. The van der Waals surface area contributed by atoms with Crippen LogP contribution >= 0.6 is 11.8 Å². The minimum Gasteiger partial charge on any atom is -0.361 e. The third-order valence-corrected chi connectivity index (χ3v) is 3.70. The lowest BCUT2D eigenvalue weighted by molar-refractivity contribution is -0.121. The summed E-state index contributed by atoms with van der Waals surface area (Å²) in [5.41, 5.74) is 0.766. The molecule has 0 aliphatic carbocycles. The molecule has 1 aromatic heterocycles. The number of amides is 1. The Balaban J connectivity index is 1.70. The van der Waals surface area contributed by atoms with Gasteiger partial charge in [-0.15, -0.1) is 0 Å². The van der Waals surface area contributed by atoms with Gasteiger partial charge in [0.05, 0.1) is 6.54 Å². The van der Waals surface area contributed by atoms with Crippen molar-refractivity contribution in [3.8, 4) is 0 Å². The van der Waals surface area contributed by atoms with Crippen LogP contribution in [0.15, 0.2) is 10.6 Å². The van der Waals surface area contributed by atoms with Crippen LogP contribution in [0.4, 0.5) is 0 Å². The minimum absolute atomic E-state index is 0.0608. The molecule has 1 aliphatic heterocycles. The van der Waals surface area contributed by atoms with Crippen molar-refractivity contribution in [3.05, 3.63) is 17.5 Å². The van der Waals surface area contributed by atoms with Crippen LogP contribution in [0.5, 0.6) is 0 Å². The lowest BCUT2D eigenvalue weighted by Crippen LogP contribution is -2.41. The Kier molecular flexibility index (Phi) is 4.44. The number of carbonyl (C=O) groups is 1. The van der Waals surface area contributed by atoms with Crippen LogP contribution in [0.3, 0.4) is 0 Å². The molecule has 0 radical (unpaired) electrons. The van der Waals surface area contributed by atoms with Gasteiger partial charge in [0.15, 0.2) is 0 Å².